The topological polar surface area (TPSA) is 35.6 Å². The van der Waals surface area contributed by atoms with Crippen LogP contribution in [-0.2, 0) is 4.79 Å². The van der Waals surface area contributed by atoms with Crippen LogP contribution in [0.4, 0.5) is 5.69 Å². The number of amides is 1. The number of benzene rings is 1. The van der Waals surface area contributed by atoms with E-state index in [1.165, 1.54) is 13.0 Å². The molecule has 0 aliphatic carbocycles. The summed E-state index contributed by atoms with van der Waals surface area (Å²) in [4.78, 5) is 16.8. The fourth-order valence-electron chi connectivity index (χ4n) is 2.54. The molecule has 1 N–H and O–H groups in total. The Kier molecular flexibility index (Phi) is 6.21. The summed E-state index contributed by atoms with van der Waals surface area (Å²) < 4.78 is 0. The second-order valence-corrected chi connectivity index (χ2v) is 6.21. The van der Waals surface area contributed by atoms with Crippen LogP contribution in [0.25, 0.3) is 0 Å². The highest BCUT2D eigenvalue weighted by Gasteiger charge is 2.18. The molecule has 0 radical (unpaired) electrons. The van der Waals surface area contributed by atoms with Crippen molar-refractivity contribution < 1.29 is 4.79 Å². The lowest BCUT2D eigenvalue weighted by Crippen LogP contribution is -2.48. The van der Waals surface area contributed by atoms with Crippen molar-refractivity contribution in [3.63, 3.8) is 0 Å². The van der Waals surface area contributed by atoms with Crippen LogP contribution >= 0.6 is 0 Å². The summed E-state index contributed by atoms with van der Waals surface area (Å²) in [7, 11) is 0. The largest absolute Gasteiger partial charge is 0.325 e. The minimum Gasteiger partial charge on any atom is -0.325 e. The summed E-state index contributed by atoms with van der Waals surface area (Å²) in [5.41, 5.74) is 0.873. The average Bonchev–Trinajstić information content (AvgIpc) is 2.47. The third-order valence-electron chi connectivity index (χ3n) is 3.91. The number of carbonyl (C=O) groups is 1. The SMILES string of the molecule is CC(C)CCN1CCN(CC(=O)Nc2ccccc2)CC1. The minimum atomic E-state index is 0.0804. The van der Waals surface area contributed by atoms with Crippen molar-refractivity contribution >= 4 is 11.6 Å². The molecule has 1 amide bonds. The van der Waals surface area contributed by atoms with Crippen molar-refractivity contribution in [2.24, 2.45) is 5.92 Å². The second kappa shape index (κ2) is 8.15. The van der Waals surface area contributed by atoms with Crippen LogP contribution in [0, 0.1) is 5.92 Å². The molecule has 1 aromatic carbocycles. The van der Waals surface area contributed by atoms with E-state index in [1.807, 2.05) is 30.3 Å². The van der Waals surface area contributed by atoms with Crippen LogP contribution in [0.5, 0.6) is 0 Å². The molecule has 0 bridgehead atoms. The molecule has 1 fully saturated rings. The molecule has 116 valence electrons. The third-order valence-corrected chi connectivity index (χ3v) is 3.91. The lowest BCUT2D eigenvalue weighted by Gasteiger charge is -2.34. The summed E-state index contributed by atoms with van der Waals surface area (Å²) in [5, 5.41) is 2.95. The lowest BCUT2D eigenvalue weighted by molar-refractivity contribution is -0.117. The van der Waals surface area contributed by atoms with Gasteiger partial charge in [0.15, 0.2) is 0 Å². The van der Waals surface area contributed by atoms with Crippen molar-refractivity contribution in [1.29, 1.82) is 0 Å². The maximum Gasteiger partial charge on any atom is 0.238 e. The molecule has 1 saturated heterocycles. The van der Waals surface area contributed by atoms with E-state index in [0.717, 1.165) is 37.8 Å². The van der Waals surface area contributed by atoms with Gasteiger partial charge in [-0.25, -0.2) is 0 Å². The molecule has 1 aliphatic rings. The van der Waals surface area contributed by atoms with Crippen molar-refractivity contribution in [2.75, 3.05) is 44.6 Å². The number of piperazine rings is 1. The Morgan fingerprint density at radius 3 is 2.33 bits per heavy atom. The molecule has 0 unspecified atom stereocenters. The first-order chi connectivity index (χ1) is 10.1. The van der Waals surface area contributed by atoms with Crippen LogP contribution in [0.3, 0.4) is 0 Å². The monoisotopic (exact) mass is 289 g/mol. The Balaban J connectivity index is 1.67. The van der Waals surface area contributed by atoms with Gasteiger partial charge in [0.2, 0.25) is 5.91 Å². The summed E-state index contributed by atoms with van der Waals surface area (Å²) in [6, 6.07) is 9.65. The Bertz CT molecular complexity index is 425. The van der Waals surface area contributed by atoms with Crippen LogP contribution in [0.2, 0.25) is 0 Å². The first kappa shape index (κ1) is 16.0. The van der Waals surface area contributed by atoms with Crippen molar-refractivity contribution in [3.05, 3.63) is 30.3 Å². The van der Waals surface area contributed by atoms with Gasteiger partial charge >= 0.3 is 0 Å². The van der Waals surface area contributed by atoms with E-state index in [9.17, 15) is 4.79 Å². The lowest BCUT2D eigenvalue weighted by atomic mass is 10.1. The van der Waals surface area contributed by atoms with Gasteiger partial charge < -0.3 is 10.2 Å². The fourth-order valence-corrected chi connectivity index (χ4v) is 2.54. The van der Waals surface area contributed by atoms with Crippen molar-refractivity contribution in [3.8, 4) is 0 Å². The number of para-hydroxylation sites is 1. The molecule has 4 heteroatoms. The van der Waals surface area contributed by atoms with Gasteiger partial charge in [-0.1, -0.05) is 32.0 Å². The van der Waals surface area contributed by atoms with Gasteiger partial charge in [-0.2, -0.15) is 0 Å². The van der Waals surface area contributed by atoms with Gasteiger partial charge in [-0.15, -0.1) is 0 Å². The van der Waals surface area contributed by atoms with Gasteiger partial charge in [-0.3, -0.25) is 9.69 Å². The minimum absolute atomic E-state index is 0.0804. The Hall–Kier alpha value is -1.39. The van der Waals surface area contributed by atoms with Crippen LogP contribution in [0.1, 0.15) is 20.3 Å². The second-order valence-electron chi connectivity index (χ2n) is 6.21. The maximum atomic E-state index is 12.0. The van der Waals surface area contributed by atoms with Gasteiger partial charge in [0.05, 0.1) is 6.54 Å². The normalized spacial score (nSPS) is 17.1. The fraction of sp³-hybridized carbons (Fsp3) is 0.588. The number of nitrogens with zero attached hydrogens (tertiary/aromatic N) is 2. The molecule has 1 aliphatic heterocycles. The molecule has 0 atom stereocenters. The predicted octanol–water partition coefficient (Wildman–Crippen LogP) is 2.29. The number of carbonyl (C=O) groups excluding carboxylic acids is 1. The molecule has 1 aromatic rings. The van der Waals surface area contributed by atoms with E-state index in [0.29, 0.717) is 6.54 Å². The Morgan fingerprint density at radius 1 is 1.10 bits per heavy atom. The maximum absolute atomic E-state index is 12.0. The van der Waals surface area contributed by atoms with E-state index in [1.54, 1.807) is 0 Å². The van der Waals surface area contributed by atoms with E-state index in [2.05, 4.69) is 29.0 Å². The highest BCUT2D eigenvalue weighted by Crippen LogP contribution is 2.08. The average molecular weight is 289 g/mol. The van der Waals surface area contributed by atoms with E-state index in [-0.39, 0.29) is 5.91 Å². The number of nitrogens with one attached hydrogen (secondary N) is 1. The molecular weight excluding hydrogens is 262 g/mol. The van der Waals surface area contributed by atoms with Gasteiger partial charge in [0.1, 0.15) is 0 Å². The number of hydrogen-bond acceptors (Lipinski definition) is 3. The quantitative estimate of drug-likeness (QED) is 0.873. The van der Waals surface area contributed by atoms with Gasteiger partial charge in [-0.05, 0) is 31.0 Å². The van der Waals surface area contributed by atoms with E-state index >= 15 is 0 Å². The summed E-state index contributed by atoms with van der Waals surface area (Å²) in [6.07, 6.45) is 1.26. The smallest absolute Gasteiger partial charge is 0.238 e. The summed E-state index contributed by atoms with van der Waals surface area (Å²) in [6.45, 7) is 10.3. The van der Waals surface area contributed by atoms with Gasteiger partial charge in [0.25, 0.3) is 0 Å². The van der Waals surface area contributed by atoms with Crippen LogP contribution in [0.15, 0.2) is 30.3 Å². The highest BCUT2D eigenvalue weighted by atomic mass is 16.2. The molecule has 21 heavy (non-hydrogen) atoms. The van der Waals surface area contributed by atoms with Crippen molar-refractivity contribution in [2.45, 2.75) is 20.3 Å². The molecule has 0 aromatic heterocycles. The highest BCUT2D eigenvalue weighted by molar-refractivity contribution is 5.92. The van der Waals surface area contributed by atoms with Gasteiger partial charge in [0, 0.05) is 31.9 Å². The summed E-state index contributed by atoms with van der Waals surface area (Å²) in [5.74, 6) is 0.844. The first-order valence-electron chi connectivity index (χ1n) is 7.93. The number of rotatable bonds is 6. The summed E-state index contributed by atoms with van der Waals surface area (Å²) >= 11 is 0. The number of anilines is 1. The van der Waals surface area contributed by atoms with E-state index < -0.39 is 0 Å². The Labute approximate surface area is 128 Å². The first-order valence-corrected chi connectivity index (χ1v) is 7.93. The van der Waals surface area contributed by atoms with E-state index in [4.69, 9.17) is 0 Å². The third kappa shape index (κ3) is 5.86. The molecule has 1 heterocycles. The zero-order valence-electron chi connectivity index (χ0n) is 13.2. The van der Waals surface area contributed by atoms with Crippen LogP contribution in [-0.4, -0.2) is 55.0 Å². The Morgan fingerprint density at radius 2 is 1.71 bits per heavy atom. The molecule has 0 saturated carbocycles. The van der Waals surface area contributed by atoms with Crippen molar-refractivity contribution in [1.82, 2.24) is 9.80 Å². The molecule has 0 spiro atoms. The predicted molar refractivity (Wildman–Crippen MR) is 87.4 cm³/mol. The molecule has 2 rings (SSSR count). The zero-order chi connectivity index (χ0) is 15.1. The molecular formula is C17H27N3O. The zero-order valence-corrected chi connectivity index (χ0v) is 13.2. The standard InChI is InChI=1S/C17H27N3O/c1-15(2)8-9-19-10-12-20(13-11-19)14-17(21)18-16-6-4-3-5-7-16/h3-7,15H,8-14H2,1-2H3,(H,18,21). The van der Waals surface area contributed by atoms with Crippen LogP contribution < -0.4 is 5.32 Å². The molecule has 4 nitrogen and oxygen atoms in total. The number of hydrogen-bond donors (Lipinski definition) is 1.